The first kappa shape index (κ1) is 22.9. The van der Waals surface area contributed by atoms with Gasteiger partial charge in [0.05, 0.1) is 30.8 Å². The number of fused-ring (bicyclic) bond motifs is 1. The van der Waals surface area contributed by atoms with Gasteiger partial charge in [-0.25, -0.2) is 18.6 Å². The highest BCUT2D eigenvalue weighted by Crippen LogP contribution is 2.52. The van der Waals surface area contributed by atoms with E-state index in [0.717, 1.165) is 35.4 Å². The lowest BCUT2D eigenvalue weighted by molar-refractivity contribution is 0.156. The molecule has 0 aliphatic carbocycles. The zero-order valence-corrected chi connectivity index (χ0v) is 19.4. The minimum Gasteiger partial charge on any atom is -0.353 e. The molecule has 9 heteroatoms. The highest BCUT2D eigenvalue weighted by atomic mass is 31.2. The SMILES string of the molecule is CCOP(=O)(OCC)N1CCC(Nc2nc3ccccc3n2Cc2ccc(F)cc2)CC1. The number of nitrogens with one attached hydrogen (secondary N) is 1. The number of anilines is 1. The van der Waals surface area contributed by atoms with E-state index >= 15 is 0 Å². The van der Waals surface area contributed by atoms with Crippen molar-refractivity contribution in [3.63, 3.8) is 0 Å². The van der Waals surface area contributed by atoms with E-state index in [1.807, 2.05) is 42.8 Å². The van der Waals surface area contributed by atoms with Gasteiger partial charge in [0, 0.05) is 19.1 Å². The normalized spacial score (nSPS) is 16.0. The van der Waals surface area contributed by atoms with E-state index in [2.05, 4.69) is 9.88 Å². The average molecular weight is 460 g/mol. The van der Waals surface area contributed by atoms with Gasteiger partial charge >= 0.3 is 7.75 Å². The number of benzene rings is 2. The van der Waals surface area contributed by atoms with Gasteiger partial charge in [-0.05, 0) is 56.5 Å². The van der Waals surface area contributed by atoms with E-state index in [0.29, 0.717) is 32.8 Å². The maximum Gasteiger partial charge on any atom is 0.408 e. The smallest absolute Gasteiger partial charge is 0.353 e. The van der Waals surface area contributed by atoms with Crippen LogP contribution in [0.1, 0.15) is 32.3 Å². The second-order valence-corrected chi connectivity index (χ2v) is 9.83. The van der Waals surface area contributed by atoms with Crippen LogP contribution in [0.3, 0.4) is 0 Å². The second kappa shape index (κ2) is 10.1. The van der Waals surface area contributed by atoms with Crippen LogP contribution in [0.2, 0.25) is 0 Å². The molecule has 0 spiro atoms. The third-order valence-electron chi connectivity index (χ3n) is 5.64. The van der Waals surface area contributed by atoms with Crippen LogP contribution in [-0.2, 0) is 20.2 Å². The van der Waals surface area contributed by atoms with E-state index in [-0.39, 0.29) is 11.9 Å². The molecule has 2 heterocycles. The molecule has 1 N–H and O–H groups in total. The summed E-state index contributed by atoms with van der Waals surface area (Å²) in [6, 6.07) is 14.7. The fourth-order valence-corrected chi connectivity index (χ4v) is 5.86. The van der Waals surface area contributed by atoms with Gasteiger partial charge in [0.15, 0.2) is 0 Å². The van der Waals surface area contributed by atoms with Crippen molar-refractivity contribution in [2.24, 2.45) is 0 Å². The van der Waals surface area contributed by atoms with Crippen LogP contribution in [0.15, 0.2) is 48.5 Å². The van der Waals surface area contributed by atoms with Crippen LogP contribution in [0, 0.1) is 5.82 Å². The van der Waals surface area contributed by atoms with Crippen LogP contribution in [0.25, 0.3) is 11.0 Å². The summed E-state index contributed by atoms with van der Waals surface area (Å²) in [5.74, 6) is 0.539. The van der Waals surface area contributed by atoms with E-state index in [1.54, 1.807) is 12.1 Å². The summed E-state index contributed by atoms with van der Waals surface area (Å²) < 4.78 is 41.3. The van der Waals surface area contributed by atoms with Gasteiger partial charge in [-0.3, -0.25) is 9.05 Å². The Hall–Kier alpha value is -2.25. The predicted molar refractivity (Wildman–Crippen MR) is 124 cm³/mol. The van der Waals surface area contributed by atoms with E-state index in [1.165, 1.54) is 12.1 Å². The van der Waals surface area contributed by atoms with Crippen LogP contribution in [0.5, 0.6) is 0 Å². The second-order valence-electron chi connectivity index (χ2n) is 7.81. The molecular formula is C23H30FN4O3P. The quantitative estimate of drug-likeness (QED) is 0.438. The molecule has 1 aromatic heterocycles. The summed E-state index contributed by atoms with van der Waals surface area (Å²) in [6.07, 6.45) is 1.59. The van der Waals surface area contributed by atoms with Crippen LogP contribution < -0.4 is 5.32 Å². The molecule has 0 atom stereocenters. The summed E-state index contributed by atoms with van der Waals surface area (Å²) in [6.45, 7) is 6.18. The first-order valence-electron chi connectivity index (χ1n) is 11.1. The molecule has 3 aromatic rings. The van der Waals surface area contributed by atoms with Crippen LogP contribution in [0.4, 0.5) is 10.3 Å². The number of nitrogens with zero attached hydrogens (tertiary/aromatic N) is 3. The summed E-state index contributed by atoms with van der Waals surface area (Å²) in [5.41, 5.74) is 2.93. The maximum absolute atomic E-state index is 13.3. The van der Waals surface area contributed by atoms with Crippen molar-refractivity contribution >= 4 is 24.7 Å². The lowest BCUT2D eigenvalue weighted by atomic mass is 10.1. The highest BCUT2D eigenvalue weighted by Gasteiger charge is 2.36. The third kappa shape index (κ3) is 5.04. The van der Waals surface area contributed by atoms with Crippen molar-refractivity contribution in [3.8, 4) is 0 Å². The molecule has 0 radical (unpaired) electrons. The van der Waals surface area contributed by atoms with E-state index < -0.39 is 7.75 Å². The minimum atomic E-state index is -3.23. The molecule has 1 saturated heterocycles. The lowest BCUT2D eigenvalue weighted by Crippen LogP contribution is -2.38. The molecule has 172 valence electrons. The Balaban J connectivity index is 1.50. The number of hydrogen-bond donors (Lipinski definition) is 1. The topological polar surface area (TPSA) is 68.6 Å². The van der Waals surface area contributed by atoms with Gasteiger partial charge < -0.3 is 9.88 Å². The van der Waals surface area contributed by atoms with Crippen molar-refractivity contribution in [1.29, 1.82) is 0 Å². The minimum absolute atomic E-state index is 0.187. The fourth-order valence-electron chi connectivity index (χ4n) is 4.08. The lowest BCUT2D eigenvalue weighted by Gasteiger charge is -2.35. The van der Waals surface area contributed by atoms with Gasteiger partial charge in [-0.2, -0.15) is 0 Å². The zero-order chi connectivity index (χ0) is 22.6. The van der Waals surface area contributed by atoms with Crippen molar-refractivity contribution < 1.29 is 18.0 Å². The molecule has 0 bridgehead atoms. The number of halogens is 1. The number of aromatic nitrogens is 2. The molecule has 32 heavy (non-hydrogen) atoms. The molecule has 1 aliphatic heterocycles. The summed E-state index contributed by atoms with van der Waals surface area (Å²) in [7, 11) is -3.23. The average Bonchev–Trinajstić information content (AvgIpc) is 3.13. The van der Waals surface area contributed by atoms with Gasteiger partial charge in [0.25, 0.3) is 0 Å². The summed E-state index contributed by atoms with van der Waals surface area (Å²) in [4.78, 5) is 4.81. The predicted octanol–water partition coefficient (Wildman–Crippen LogP) is 5.28. The molecule has 7 nitrogen and oxygen atoms in total. The van der Waals surface area contributed by atoms with Gasteiger partial charge in [0.1, 0.15) is 5.82 Å². The van der Waals surface area contributed by atoms with Crippen LogP contribution >= 0.6 is 7.75 Å². The number of hydrogen-bond acceptors (Lipinski definition) is 5. The third-order valence-corrected chi connectivity index (χ3v) is 7.91. The van der Waals surface area contributed by atoms with Gasteiger partial charge in [-0.1, -0.05) is 24.3 Å². The van der Waals surface area contributed by atoms with Crippen molar-refractivity contribution in [3.05, 3.63) is 59.9 Å². The number of imidazole rings is 1. The summed E-state index contributed by atoms with van der Waals surface area (Å²) >= 11 is 0. The molecule has 4 rings (SSSR count). The Labute approximate surface area is 188 Å². The Morgan fingerprint density at radius 2 is 1.72 bits per heavy atom. The number of para-hydroxylation sites is 2. The largest absolute Gasteiger partial charge is 0.408 e. The Morgan fingerprint density at radius 3 is 2.38 bits per heavy atom. The van der Waals surface area contributed by atoms with E-state index in [4.69, 9.17) is 14.0 Å². The van der Waals surface area contributed by atoms with Gasteiger partial charge in [0.2, 0.25) is 5.95 Å². The number of piperidine rings is 1. The molecule has 0 saturated carbocycles. The van der Waals surface area contributed by atoms with Gasteiger partial charge in [-0.15, -0.1) is 0 Å². The van der Waals surface area contributed by atoms with Crippen molar-refractivity contribution in [2.75, 3.05) is 31.6 Å². The summed E-state index contributed by atoms with van der Waals surface area (Å²) in [5, 5.41) is 3.59. The van der Waals surface area contributed by atoms with Crippen molar-refractivity contribution in [1.82, 2.24) is 14.2 Å². The molecule has 0 amide bonds. The Bertz CT molecular complexity index is 1070. The molecular weight excluding hydrogens is 430 g/mol. The Morgan fingerprint density at radius 1 is 1.06 bits per heavy atom. The first-order valence-corrected chi connectivity index (χ1v) is 12.6. The molecule has 0 unspecified atom stereocenters. The maximum atomic E-state index is 13.3. The zero-order valence-electron chi connectivity index (χ0n) is 18.5. The monoisotopic (exact) mass is 460 g/mol. The Kier molecular flexibility index (Phi) is 7.26. The molecule has 2 aromatic carbocycles. The number of rotatable bonds is 9. The highest BCUT2D eigenvalue weighted by molar-refractivity contribution is 7.51. The van der Waals surface area contributed by atoms with Crippen LogP contribution in [-0.4, -0.2) is 46.6 Å². The van der Waals surface area contributed by atoms with Crippen molar-refractivity contribution in [2.45, 2.75) is 39.3 Å². The standard InChI is InChI=1S/C23H30FN4O3P/c1-3-30-32(29,31-4-2)27-15-13-20(14-16-27)25-23-26-21-7-5-6-8-22(21)28(23)17-18-9-11-19(24)12-10-18/h5-12,20H,3-4,13-17H2,1-2H3,(H,25,26). The molecule has 1 aliphatic rings. The molecule has 1 fully saturated rings. The fraction of sp³-hybridized carbons (Fsp3) is 0.435. The first-order chi connectivity index (χ1) is 15.5. The van der Waals surface area contributed by atoms with E-state index in [9.17, 15) is 8.96 Å².